The molecule has 5 nitrogen and oxygen atoms in total. The van der Waals surface area contributed by atoms with Gasteiger partial charge in [0.15, 0.2) is 0 Å². The molecule has 3 aliphatic heterocycles. The predicted molar refractivity (Wildman–Crippen MR) is 54.5 cm³/mol. The van der Waals surface area contributed by atoms with Gasteiger partial charge in [0.25, 0.3) is 0 Å². The summed E-state index contributed by atoms with van der Waals surface area (Å²) in [6.45, 7) is 4.97. The SMILES string of the molecule is O=C1COC(C2CNC2)C2CNCCN12. The molecule has 0 aromatic rings. The van der Waals surface area contributed by atoms with Gasteiger partial charge >= 0.3 is 0 Å². The lowest BCUT2D eigenvalue weighted by Crippen LogP contribution is -2.67. The van der Waals surface area contributed by atoms with Crippen molar-refractivity contribution >= 4 is 5.91 Å². The maximum absolute atomic E-state index is 11.7. The van der Waals surface area contributed by atoms with E-state index in [0.717, 1.165) is 32.7 Å². The number of ether oxygens (including phenoxy) is 1. The van der Waals surface area contributed by atoms with Crippen LogP contribution >= 0.6 is 0 Å². The number of fused-ring (bicyclic) bond motifs is 1. The van der Waals surface area contributed by atoms with Crippen LogP contribution in [0, 0.1) is 5.92 Å². The molecule has 5 heteroatoms. The molecule has 3 saturated heterocycles. The van der Waals surface area contributed by atoms with Gasteiger partial charge in [-0.1, -0.05) is 0 Å². The zero-order valence-electron chi connectivity index (χ0n) is 8.74. The molecule has 2 unspecified atom stereocenters. The molecule has 0 saturated carbocycles. The first kappa shape index (κ1) is 9.57. The molecule has 3 aliphatic rings. The van der Waals surface area contributed by atoms with E-state index < -0.39 is 0 Å². The molecule has 0 spiro atoms. The van der Waals surface area contributed by atoms with Crippen LogP contribution < -0.4 is 10.6 Å². The van der Waals surface area contributed by atoms with Gasteiger partial charge in [-0.3, -0.25) is 4.79 Å². The van der Waals surface area contributed by atoms with Crippen LogP contribution in [0.25, 0.3) is 0 Å². The number of morpholine rings is 1. The number of nitrogens with zero attached hydrogens (tertiary/aromatic N) is 1. The highest BCUT2D eigenvalue weighted by atomic mass is 16.5. The van der Waals surface area contributed by atoms with E-state index in [9.17, 15) is 4.79 Å². The average Bonchev–Trinajstić information content (AvgIpc) is 2.20. The molecule has 0 aromatic heterocycles. The van der Waals surface area contributed by atoms with Gasteiger partial charge in [0.05, 0.1) is 12.1 Å². The number of hydrogen-bond acceptors (Lipinski definition) is 4. The molecule has 3 rings (SSSR count). The van der Waals surface area contributed by atoms with Crippen LogP contribution in [0.5, 0.6) is 0 Å². The Morgan fingerprint density at radius 2 is 2.13 bits per heavy atom. The first-order valence-electron chi connectivity index (χ1n) is 5.69. The zero-order valence-corrected chi connectivity index (χ0v) is 8.74. The van der Waals surface area contributed by atoms with Gasteiger partial charge in [0, 0.05) is 38.6 Å². The van der Waals surface area contributed by atoms with E-state index in [1.54, 1.807) is 0 Å². The monoisotopic (exact) mass is 211 g/mol. The smallest absolute Gasteiger partial charge is 0.249 e. The van der Waals surface area contributed by atoms with E-state index in [0.29, 0.717) is 5.92 Å². The third-order valence-electron chi connectivity index (χ3n) is 3.66. The fourth-order valence-electron chi connectivity index (χ4n) is 2.68. The minimum Gasteiger partial charge on any atom is -0.366 e. The highest BCUT2D eigenvalue weighted by Gasteiger charge is 2.43. The molecule has 15 heavy (non-hydrogen) atoms. The molecule has 2 N–H and O–H groups in total. The second-order valence-electron chi connectivity index (χ2n) is 4.55. The van der Waals surface area contributed by atoms with Crippen molar-refractivity contribution in [2.24, 2.45) is 5.92 Å². The van der Waals surface area contributed by atoms with E-state index in [1.165, 1.54) is 0 Å². The lowest BCUT2D eigenvalue weighted by Gasteiger charge is -2.48. The number of rotatable bonds is 1. The minimum atomic E-state index is 0.157. The molecule has 84 valence electrons. The molecule has 0 aromatic carbocycles. The van der Waals surface area contributed by atoms with Crippen LogP contribution in [0.15, 0.2) is 0 Å². The molecule has 0 radical (unpaired) electrons. The number of amides is 1. The first-order valence-corrected chi connectivity index (χ1v) is 5.69. The van der Waals surface area contributed by atoms with Crippen LogP contribution in [0.4, 0.5) is 0 Å². The van der Waals surface area contributed by atoms with Crippen LogP contribution in [-0.2, 0) is 9.53 Å². The Morgan fingerprint density at radius 1 is 1.27 bits per heavy atom. The van der Waals surface area contributed by atoms with Gasteiger partial charge in [-0.15, -0.1) is 0 Å². The number of piperazine rings is 1. The normalized spacial score (nSPS) is 37.3. The summed E-state index contributed by atoms with van der Waals surface area (Å²) in [6, 6.07) is 0.257. The molecule has 2 atom stereocenters. The summed E-state index contributed by atoms with van der Waals surface area (Å²) >= 11 is 0. The van der Waals surface area contributed by atoms with Gasteiger partial charge in [-0.25, -0.2) is 0 Å². The highest BCUT2D eigenvalue weighted by molar-refractivity contribution is 5.78. The lowest BCUT2D eigenvalue weighted by molar-refractivity contribution is -0.165. The number of nitrogens with one attached hydrogen (secondary N) is 2. The standard InChI is InChI=1S/C10H17N3O2/c14-9-6-15-10(7-3-12-4-7)8-5-11-1-2-13(8)9/h7-8,10-12H,1-6H2. The molecule has 3 fully saturated rings. The predicted octanol–water partition coefficient (Wildman–Crippen LogP) is -1.59. The summed E-state index contributed by atoms with van der Waals surface area (Å²) in [5.41, 5.74) is 0. The van der Waals surface area contributed by atoms with Crippen LogP contribution in [0.2, 0.25) is 0 Å². The van der Waals surface area contributed by atoms with Crippen molar-refractivity contribution in [3.05, 3.63) is 0 Å². The Balaban J connectivity index is 1.75. The summed E-state index contributed by atoms with van der Waals surface area (Å²) in [5, 5.41) is 6.60. The number of hydrogen-bond donors (Lipinski definition) is 2. The van der Waals surface area contributed by atoms with Crippen molar-refractivity contribution in [2.75, 3.05) is 39.3 Å². The van der Waals surface area contributed by atoms with Crippen molar-refractivity contribution in [2.45, 2.75) is 12.1 Å². The molecular formula is C10H17N3O2. The Labute approximate surface area is 89.1 Å². The van der Waals surface area contributed by atoms with E-state index in [2.05, 4.69) is 10.6 Å². The van der Waals surface area contributed by atoms with Crippen molar-refractivity contribution in [3.63, 3.8) is 0 Å². The molecular weight excluding hydrogens is 194 g/mol. The third-order valence-corrected chi connectivity index (χ3v) is 3.66. The summed E-state index contributed by atoms with van der Waals surface area (Å²) in [4.78, 5) is 13.7. The maximum atomic E-state index is 11.7. The van der Waals surface area contributed by atoms with Crippen LogP contribution in [-0.4, -0.2) is 62.3 Å². The highest BCUT2D eigenvalue weighted by Crippen LogP contribution is 2.24. The molecule has 0 aliphatic carbocycles. The third kappa shape index (κ3) is 1.55. The van der Waals surface area contributed by atoms with Crippen molar-refractivity contribution < 1.29 is 9.53 Å². The fourth-order valence-corrected chi connectivity index (χ4v) is 2.68. The Kier molecular flexibility index (Phi) is 2.38. The summed E-state index contributed by atoms with van der Waals surface area (Å²) < 4.78 is 5.69. The average molecular weight is 211 g/mol. The van der Waals surface area contributed by atoms with Crippen LogP contribution in [0.3, 0.4) is 0 Å². The van der Waals surface area contributed by atoms with Gasteiger partial charge in [0.1, 0.15) is 6.61 Å². The van der Waals surface area contributed by atoms with E-state index >= 15 is 0 Å². The Morgan fingerprint density at radius 3 is 2.87 bits per heavy atom. The van der Waals surface area contributed by atoms with Gasteiger partial charge in [0.2, 0.25) is 5.91 Å². The van der Waals surface area contributed by atoms with E-state index in [4.69, 9.17) is 4.74 Å². The van der Waals surface area contributed by atoms with Gasteiger partial charge in [-0.2, -0.15) is 0 Å². The van der Waals surface area contributed by atoms with Crippen molar-refractivity contribution in [3.8, 4) is 0 Å². The second-order valence-corrected chi connectivity index (χ2v) is 4.55. The Hall–Kier alpha value is -0.650. The number of carbonyl (C=O) groups is 1. The maximum Gasteiger partial charge on any atom is 0.249 e. The zero-order chi connectivity index (χ0) is 10.3. The largest absolute Gasteiger partial charge is 0.366 e. The van der Waals surface area contributed by atoms with Crippen molar-refractivity contribution in [1.82, 2.24) is 15.5 Å². The van der Waals surface area contributed by atoms with Gasteiger partial charge in [-0.05, 0) is 0 Å². The summed E-state index contributed by atoms with van der Waals surface area (Å²) in [5.74, 6) is 0.746. The lowest BCUT2D eigenvalue weighted by atomic mass is 9.88. The molecule has 1 amide bonds. The topological polar surface area (TPSA) is 53.6 Å². The fraction of sp³-hybridized carbons (Fsp3) is 0.900. The molecule has 0 bridgehead atoms. The summed E-state index contributed by atoms with van der Waals surface area (Å²) in [6.07, 6.45) is 0.233. The minimum absolute atomic E-state index is 0.157. The van der Waals surface area contributed by atoms with Crippen LogP contribution in [0.1, 0.15) is 0 Å². The first-order chi connectivity index (χ1) is 7.36. The summed E-state index contributed by atoms with van der Waals surface area (Å²) in [7, 11) is 0. The second kappa shape index (κ2) is 3.73. The Bertz CT molecular complexity index is 267. The van der Waals surface area contributed by atoms with E-state index in [-0.39, 0.29) is 24.7 Å². The quantitative estimate of drug-likeness (QED) is 0.549. The van der Waals surface area contributed by atoms with E-state index in [1.807, 2.05) is 4.90 Å². The van der Waals surface area contributed by atoms with Gasteiger partial charge < -0.3 is 20.3 Å². The number of carbonyl (C=O) groups excluding carboxylic acids is 1. The van der Waals surface area contributed by atoms with Crippen molar-refractivity contribution in [1.29, 1.82) is 0 Å². The molecule has 3 heterocycles.